The fourth-order valence-electron chi connectivity index (χ4n) is 3.51. The molecule has 0 saturated heterocycles. The number of nitrogens with one attached hydrogen (secondary N) is 2. The summed E-state index contributed by atoms with van der Waals surface area (Å²) in [6.45, 7) is -0.444. The van der Waals surface area contributed by atoms with Crippen molar-refractivity contribution < 1.29 is 14.7 Å². The lowest BCUT2D eigenvalue weighted by Gasteiger charge is -2.28. The van der Waals surface area contributed by atoms with Gasteiger partial charge in [0, 0.05) is 0 Å². The minimum Gasteiger partial charge on any atom is -0.481 e. The predicted molar refractivity (Wildman–Crippen MR) is 90.4 cm³/mol. The number of nitrogens with zero attached hydrogens (tertiary/aromatic N) is 1. The highest BCUT2D eigenvalue weighted by Crippen LogP contribution is 2.32. The highest BCUT2D eigenvalue weighted by molar-refractivity contribution is 5.80. The van der Waals surface area contributed by atoms with Gasteiger partial charge in [0.05, 0.1) is 22.9 Å². The number of H-pyrrole nitrogens is 1. The summed E-state index contributed by atoms with van der Waals surface area (Å²) in [6.07, 6.45) is 2.66. The molecule has 3 rings (SSSR count). The topological polar surface area (TPSA) is 121 Å². The summed E-state index contributed by atoms with van der Waals surface area (Å²) in [4.78, 5) is 50.6. The fourth-order valence-corrected chi connectivity index (χ4v) is 3.51. The molecule has 1 aromatic carbocycles. The van der Waals surface area contributed by atoms with E-state index in [1.165, 1.54) is 0 Å². The summed E-state index contributed by atoms with van der Waals surface area (Å²) in [5, 5.41) is 12.1. The Kier molecular flexibility index (Phi) is 4.43. The molecule has 1 heterocycles. The van der Waals surface area contributed by atoms with Gasteiger partial charge < -0.3 is 15.4 Å². The molecule has 1 aromatic heterocycles. The maximum atomic E-state index is 12.4. The molecule has 8 heteroatoms. The number of aliphatic carboxylic acids is 1. The molecule has 0 aliphatic heterocycles. The lowest BCUT2D eigenvalue weighted by Crippen LogP contribution is -2.50. The van der Waals surface area contributed by atoms with E-state index in [0.717, 1.165) is 17.4 Å². The van der Waals surface area contributed by atoms with Gasteiger partial charge in [-0.2, -0.15) is 0 Å². The fraction of sp³-hybridized carbons (Fsp3) is 0.412. The van der Waals surface area contributed by atoms with E-state index < -0.39 is 35.2 Å². The van der Waals surface area contributed by atoms with Gasteiger partial charge in [0.15, 0.2) is 0 Å². The molecule has 0 radical (unpaired) electrons. The van der Waals surface area contributed by atoms with Gasteiger partial charge in [0.25, 0.3) is 5.56 Å². The van der Waals surface area contributed by atoms with Gasteiger partial charge >= 0.3 is 11.7 Å². The van der Waals surface area contributed by atoms with E-state index in [-0.39, 0.29) is 6.42 Å². The molecule has 0 spiro atoms. The van der Waals surface area contributed by atoms with Gasteiger partial charge in [-0.1, -0.05) is 25.0 Å². The molecule has 8 nitrogen and oxygen atoms in total. The SMILES string of the molecule is O=C(O)CC1(NC(=O)Cn2c(=O)[nH]c3ccccc3c2=O)CCCC1. The first-order valence-electron chi connectivity index (χ1n) is 8.15. The second kappa shape index (κ2) is 6.54. The van der Waals surface area contributed by atoms with Gasteiger partial charge in [0.2, 0.25) is 5.91 Å². The predicted octanol–water partition coefficient (Wildman–Crippen LogP) is 0.593. The third kappa shape index (κ3) is 3.47. The highest BCUT2D eigenvalue weighted by atomic mass is 16.4. The van der Waals surface area contributed by atoms with Gasteiger partial charge in [-0.05, 0) is 25.0 Å². The van der Waals surface area contributed by atoms with E-state index >= 15 is 0 Å². The summed E-state index contributed by atoms with van der Waals surface area (Å²) in [5.41, 5.74) is -1.60. The van der Waals surface area contributed by atoms with Crippen LogP contribution in [-0.2, 0) is 16.1 Å². The first kappa shape index (κ1) is 16.9. The Labute approximate surface area is 142 Å². The molecule has 1 aliphatic carbocycles. The molecule has 1 aliphatic rings. The van der Waals surface area contributed by atoms with Crippen molar-refractivity contribution in [1.29, 1.82) is 0 Å². The van der Waals surface area contributed by atoms with Gasteiger partial charge in [-0.25, -0.2) is 4.79 Å². The number of carboxylic acids is 1. The lowest BCUT2D eigenvalue weighted by atomic mass is 9.93. The van der Waals surface area contributed by atoms with Crippen molar-refractivity contribution >= 4 is 22.8 Å². The Balaban J connectivity index is 1.86. The van der Waals surface area contributed by atoms with Crippen LogP contribution in [0.2, 0.25) is 0 Å². The van der Waals surface area contributed by atoms with E-state index in [1.54, 1.807) is 24.3 Å². The van der Waals surface area contributed by atoms with Gasteiger partial charge in [-0.15, -0.1) is 0 Å². The van der Waals surface area contributed by atoms with Crippen LogP contribution in [0, 0.1) is 0 Å². The molecule has 1 amide bonds. The Bertz CT molecular complexity index is 937. The standard InChI is InChI=1S/C17H19N3O5/c21-13(19-17(9-14(22)23)7-3-4-8-17)10-20-15(24)11-5-1-2-6-12(11)18-16(20)25/h1-2,5-6H,3-4,7-10H2,(H,18,25)(H,19,21)(H,22,23). The number of para-hydroxylation sites is 1. The number of benzene rings is 1. The molecule has 0 unspecified atom stereocenters. The van der Waals surface area contributed by atoms with E-state index in [2.05, 4.69) is 10.3 Å². The summed E-state index contributed by atoms with van der Waals surface area (Å²) in [7, 11) is 0. The zero-order valence-corrected chi connectivity index (χ0v) is 13.6. The largest absolute Gasteiger partial charge is 0.481 e. The van der Waals surface area contributed by atoms with Crippen molar-refractivity contribution in [3.05, 3.63) is 45.1 Å². The molecule has 0 bridgehead atoms. The average molecular weight is 345 g/mol. The van der Waals surface area contributed by atoms with E-state index in [0.29, 0.717) is 23.7 Å². The van der Waals surface area contributed by atoms with Crippen LogP contribution in [0.25, 0.3) is 10.9 Å². The smallest absolute Gasteiger partial charge is 0.329 e. The summed E-state index contributed by atoms with van der Waals surface area (Å²) >= 11 is 0. The third-order valence-corrected chi connectivity index (χ3v) is 4.65. The minimum atomic E-state index is -0.983. The van der Waals surface area contributed by atoms with Crippen molar-refractivity contribution in [2.45, 2.75) is 44.2 Å². The normalized spacial score (nSPS) is 16.0. The number of hydrogen-bond donors (Lipinski definition) is 3. The van der Waals surface area contributed by atoms with Crippen LogP contribution in [0.4, 0.5) is 0 Å². The molecule has 3 N–H and O–H groups in total. The van der Waals surface area contributed by atoms with E-state index in [4.69, 9.17) is 5.11 Å². The van der Waals surface area contributed by atoms with Crippen LogP contribution in [-0.4, -0.2) is 32.1 Å². The number of aromatic nitrogens is 2. The zero-order chi connectivity index (χ0) is 18.0. The highest BCUT2D eigenvalue weighted by Gasteiger charge is 2.37. The second-order valence-corrected chi connectivity index (χ2v) is 6.47. The molecule has 1 fully saturated rings. The second-order valence-electron chi connectivity index (χ2n) is 6.47. The monoisotopic (exact) mass is 345 g/mol. The van der Waals surface area contributed by atoms with Crippen molar-refractivity contribution in [3.8, 4) is 0 Å². The first-order chi connectivity index (χ1) is 11.9. The van der Waals surface area contributed by atoms with Crippen LogP contribution in [0.3, 0.4) is 0 Å². The molecular weight excluding hydrogens is 326 g/mol. The van der Waals surface area contributed by atoms with Crippen LogP contribution in [0.5, 0.6) is 0 Å². The third-order valence-electron chi connectivity index (χ3n) is 4.65. The van der Waals surface area contributed by atoms with Crippen molar-refractivity contribution in [1.82, 2.24) is 14.9 Å². The number of fused-ring (bicyclic) bond motifs is 1. The maximum Gasteiger partial charge on any atom is 0.329 e. The number of carboxylic acid groups (broad SMARTS) is 1. The van der Waals surface area contributed by atoms with Crippen molar-refractivity contribution in [3.63, 3.8) is 0 Å². The molecule has 1 saturated carbocycles. The molecule has 25 heavy (non-hydrogen) atoms. The van der Waals surface area contributed by atoms with Crippen LogP contribution >= 0.6 is 0 Å². The number of amides is 1. The van der Waals surface area contributed by atoms with Gasteiger partial charge in [-0.3, -0.25) is 19.0 Å². The molecule has 132 valence electrons. The van der Waals surface area contributed by atoms with Crippen LogP contribution in [0.1, 0.15) is 32.1 Å². The maximum absolute atomic E-state index is 12.4. The Morgan fingerprint density at radius 1 is 1.20 bits per heavy atom. The molecule has 0 atom stereocenters. The number of carbonyl (C=O) groups is 2. The first-order valence-corrected chi connectivity index (χ1v) is 8.15. The lowest BCUT2D eigenvalue weighted by molar-refractivity contribution is -0.139. The van der Waals surface area contributed by atoms with Gasteiger partial charge in [0.1, 0.15) is 6.54 Å². The number of carbonyl (C=O) groups excluding carboxylic acids is 1. The Morgan fingerprint density at radius 3 is 2.56 bits per heavy atom. The summed E-state index contributed by atoms with van der Waals surface area (Å²) < 4.78 is 0.834. The summed E-state index contributed by atoms with van der Waals surface area (Å²) in [5.74, 6) is -1.52. The Hall–Kier alpha value is -2.90. The summed E-state index contributed by atoms with van der Waals surface area (Å²) in [6, 6.07) is 6.56. The number of rotatable bonds is 5. The Morgan fingerprint density at radius 2 is 1.88 bits per heavy atom. The minimum absolute atomic E-state index is 0.165. The molecule has 2 aromatic rings. The quantitative estimate of drug-likeness (QED) is 0.732. The number of hydrogen-bond acceptors (Lipinski definition) is 4. The zero-order valence-electron chi connectivity index (χ0n) is 13.6. The van der Waals surface area contributed by atoms with Crippen LogP contribution in [0.15, 0.2) is 33.9 Å². The van der Waals surface area contributed by atoms with Crippen molar-refractivity contribution in [2.24, 2.45) is 0 Å². The van der Waals surface area contributed by atoms with E-state index in [9.17, 15) is 19.2 Å². The van der Waals surface area contributed by atoms with Crippen LogP contribution < -0.4 is 16.6 Å². The number of aromatic amines is 1. The molecular formula is C17H19N3O5. The average Bonchev–Trinajstić information content (AvgIpc) is 2.98. The van der Waals surface area contributed by atoms with Crippen molar-refractivity contribution in [2.75, 3.05) is 0 Å². The van der Waals surface area contributed by atoms with E-state index in [1.807, 2.05) is 0 Å².